The topological polar surface area (TPSA) is 155 Å². The molecule has 0 radical (unpaired) electrons. The molecular formula is C66H113O11P. The lowest BCUT2D eigenvalue weighted by Crippen LogP contribution is -2.30. The summed E-state index contributed by atoms with van der Waals surface area (Å²) in [6.45, 7) is 4.33. The van der Waals surface area contributed by atoms with E-state index in [9.17, 15) is 28.9 Å². The molecule has 0 fully saturated rings. The van der Waals surface area contributed by atoms with E-state index in [-0.39, 0.29) is 25.9 Å². The predicted molar refractivity (Wildman–Crippen MR) is 325 cm³/mol. The molecule has 0 saturated carbocycles. The van der Waals surface area contributed by atoms with Gasteiger partial charge in [-0.25, -0.2) is 4.57 Å². The van der Waals surface area contributed by atoms with E-state index in [0.29, 0.717) is 19.3 Å². The van der Waals surface area contributed by atoms with E-state index in [1.807, 2.05) is 12.2 Å². The fraction of sp³-hybridized carbons (Fsp3) is 0.712. The Morgan fingerprint density at radius 1 is 0.385 bits per heavy atom. The van der Waals surface area contributed by atoms with Gasteiger partial charge in [-0.1, -0.05) is 266 Å². The number of ether oxygens (including phenoxy) is 3. The molecule has 0 aromatic carbocycles. The summed E-state index contributed by atoms with van der Waals surface area (Å²) < 4.78 is 39.5. The van der Waals surface area contributed by atoms with Crippen molar-refractivity contribution < 1.29 is 52.2 Å². The molecule has 0 aliphatic carbocycles. The summed E-state index contributed by atoms with van der Waals surface area (Å²) in [6, 6.07) is 0. The molecule has 78 heavy (non-hydrogen) atoms. The number of hydrogen-bond acceptors (Lipinski definition) is 10. The van der Waals surface area contributed by atoms with Gasteiger partial charge < -0.3 is 24.2 Å². The number of phosphoric acid groups is 1. The maximum atomic E-state index is 12.9. The number of allylic oxidation sites excluding steroid dienone is 15. The Kier molecular flexibility index (Phi) is 56.8. The second-order valence-electron chi connectivity index (χ2n) is 20.5. The zero-order chi connectivity index (χ0) is 56.9. The summed E-state index contributed by atoms with van der Waals surface area (Å²) in [5, 5.41) is 9.84. The second kappa shape index (κ2) is 59.5. The van der Waals surface area contributed by atoms with Gasteiger partial charge in [0.2, 0.25) is 0 Å². The molecule has 448 valence electrons. The van der Waals surface area contributed by atoms with Gasteiger partial charge in [0.15, 0.2) is 6.10 Å². The smallest absolute Gasteiger partial charge is 0.461 e. The van der Waals surface area contributed by atoms with Crippen LogP contribution < -0.4 is 0 Å². The van der Waals surface area contributed by atoms with E-state index in [2.05, 4.69) is 99.8 Å². The first-order valence-electron chi connectivity index (χ1n) is 31.1. The highest BCUT2D eigenvalue weighted by molar-refractivity contribution is 7.47. The third kappa shape index (κ3) is 57.1. The Labute approximate surface area is 476 Å². The molecule has 0 aliphatic heterocycles. The number of carbonyl (C=O) groups is 3. The number of aliphatic hydroxyl groups is 1. The molecule has 2 N–H and O–H groups in total. The lowest BCUT2D eigenvalue weighted by Gasteiger charge is -2.21. The van der Waals surface area contributed by atoms with Gasteiger partial charge in [0.25, 0.3) is 0 Å². The molecule has 0 aliphatic rings. The molecule has 3 unspecified atom stereocenters. The van der Waals surface area contributed by atoms with Crippen LogP contribution in [-0.4, -0.2) is 66.5 Å². The van der Waals surface area contributed by atoms with E-state index in [1.54, 1.807) is 6.08 Å². The Morgan fingerprint density at radius 3 is 1.09 bits per heavy atom. The minimum atomic E-state index is -4.78. The monoisotopic (exact) mass is 1110 g/mol. The van der Waals surface area contributed by atoms with Gasteiger partial charge in [-0.3, -0.25) is 23.4 Å². The van der Waals surface area contributed by atoms with Gasteiger partial charge in [0.1, 0.15) is 12.7 Å². The normalized spacial score (nSPS) is 14.0. The summed E-state index contributed by atoms with van der Waals surface area (Å²) in [4.78, 5) is 48.6. The zero-order valence-corrected chi connectivity index (χ0v) is 50.5. The van der Waals surface area contributed by atoms with E-state index in [1.165, 1.54) is 109 Å². The molecule has 0 spiro atoms. The highest BCUT2D eigenvalue weighted by Gasteiger charge is 2.28. The van der Waals surface area contributed by atoms with Gasteiger partial charge in [-0.15, -0.1) is 0 Å². The van der Waals surface area contributed by atoms with Gasteiger partial charge in [-0.2, -0.15) is 0 Å². The zero-order valence-electron chi connectivity index (χ0n) is 49.6. The Hall–Kier alpha value is -3.60. The van der Waals surface area contributed by atoms with Crippen LogP contribution in [0.1, 0.15) is 265 Å². The van der Waals surface area contributed by atoms with Crippen LogP contribution in [0.15, 0.2) is 97.2 Å². The Balaban J connectivity index is 4.77. The fourth-order valence-electron chi connectivity index (χ4n) is 8.39. The number of rotatable bonds is 57. The van der Waals surface area contributed by atoms with Crippen LogP contribution in [0, 0.1) is 0 Å². The molecule has 0 heterocycles. The molecule has 0 bridgehead atoms. The van der Waals surface area contributed by atoms with Crippen molar-refractivity contribution in [2.75, 3.05) is 26.4 Å². The minimum absolute atomic E-state index is 0.00758. The van der Waals surface area contributed by atoms with E-state index >= 15 is 0 Å². The molecule has 0 rings (SSSR count). The number of phosphoric ester groups is 1. The summed E-state index contributed by atoms with van der Waals surface area (Å²) in [5.74, 6) is -1.62. The Bertz CT molecular complexity index is 1680. The van der Waals surface area contributed by atoms with Crippen LogP contribution in [0.25, 0.3) is 0 Å². The van der Waals surface area contributed by atoms with Crippen molar-refractivity contribution in [3.05, 3.63) is 97.2 Å². The standard InChI is InChI=1S/C66H113O11P/c1-4-7-10-13-16-19-22-25-28-30-31-33-36-39-42-45-48-51-54-57-66(70)77-63(59-73-64(68)55-52-49-46-43-40-37-34-27-24-21-18-15-12-9-6-3)61-75-78(71,72)74-60-62(58-67)76-65(69)56-53-50-47-44-41-38-35-32-29-26-23-20-17-14-11-8-5-2/h8-9,11-12,17-18,20-21,26-27,29,34,40,43,49,52,62-63,67H,4-7,10,13-16,19,22-25,28,30-33,35-39,41-42,44-48,50-51,53-61H2,1-3H3,(H,71,72)/b11-8-,12-9-,20-17-,21-18-,29-26-,34-27-,43-40-,52-49-. The number of unbranched alkanes of at least 4 members (excludes halogenated alkanes) is 25. The average molecular weight is 1110 g/mol. The second-order valence-corrected chi connectivity index (χ2v) is 21.9. The van der Waals surface area contributed by atoms with E-state index in [4.69, 9.17) is 23.3 Å². The molecule has 0 saturated heterocycles. The first-order chi connectivity index (χ1) is 38.2. The van der Waals surface area contributed by atoms with Crippen molar-refractivity contribution in [3.8, 4) is 0 Å². The van der Waals surface area contributed by atoms with Gasteiger partial charge in [0, 0.05) is 12.8 Å². The van der Waals surface area contributed by atoms with Crippen LogP contribution in [0.3, 0.4) is 0 Å². The Morgan fingerprint density at radius 2 is 0.705 bits per heavy atom. The molecule has 3 atom stereocenters. The van der Waals surface area contributed by atoms with Gasteiger partial charge >= 0.3 is 25.7 Å². The van der Waals surface area contributed by atoms with Crippen molar-refractivity contribution >= 4 is 25.7 Å². The highest BCUT2D eigenvalue weighted by Crippen LogP contribution is 2.43. The van der Waals surface area contributed by atoms with Crippen molar-refractivity contribution in [2.24, 2.45) is 0 Å². The van der Waals surface area contributed by atoms with Crippen LogP contribution in [0.4, 0.5) is 0 Å². The molecule has 0 aromatic rings. The third-order valence-corrected chi connectivity index (χ3v) is 14.0. The molecular weight excluding hydrogens is 1000 g/mol. The summed E-state index contributed by atoms with van der Waals surface area (Å²) in [5.41, 5.74) is 0. The van der Waals surface area contributed by atoms with E-state index < -0.39 is 57.8 Å². The van der Waals surface area contributed by atoms with Gasteiger partial charge in [-0.05, 0) is 77.0 Å². The minimum Gasteiger partial charge on any atom is -0.461 e. The first kappa shape index (κ1) is 74.4. The van der Waals surface area contributed by atoms with Crippen molar-refractivity contribution in [2.45, 2.75) is 277 Å². The number of esters is 3. The van der Waals surface area contributed by atoms with Crippen molar-refractivity contribution in [1.29, 1.82) is 0 Å². The van der Waals surface area contributed by atoms with Gasteiger partial charge in [0.05, 0.1) is 26.2 Å². The molecule has 12 heteroatoms. The molecule has 11 nitrogen and oxygen atoms in total. The lowest BCUT2D eigenvalue weighted by atomic mass is 10.0. The maximum absolute atomic E-state index is 12.9. The predicted octanol–water partition coefficient (Wildman–Crippen LogP) is 18.8. The van der Waals surface area contributed by atoms with Crippen molar-refractivity contribution in [1.82, 2.24) is 0 Å². The summed E-state index contributed by atoms with van der Waals surface area (Å²) in [7, 11) is -4.78. The number of hydrogen-bond donors (Lipinski definition) is 2. The quantitative estimate of drug-likeness (QED) is 0.0197. The average Bonchev–Trinajstić information content (AvgIpc) is 3.43. The molecule has 0 aromatic heterocycles. The SMILES string of the molecule is CC/C=C\C/C=C\C/C=C\C/C=C\C/C=C\CC(=O)OCC(COP(=O)(O)OCC(CO)OC(=O)CCCCCCCCC/C=C\C/C=C\C/C=C\CC)OC(=O)CCCCCCCCCCCCCCCCCCCCC. The number of carbonyl (C=O) groups excluding carboxylic acids is 3. The summed E-state index contributed by atoms with van der Waals surface area (Å²) in [6.07, 6.45) is 71.1. The number of aliphatic hydroxyl groups excluding tert-OH is 1. The van der Waals surface area contributed by atoms with Crippen LogP contribution >= 0.6 is 7.82 Å². The van der Waals surface area contributed by atoms with Crippen LogP contribution in [-0.2, 0) is 42.2 Å². The maximum Gasteiger partial charge on any atom is 0.472 e. The fourth-order valence-corrected chi connectivity index (χ4v) is 9.17. The highest BCUT2D eigenvalue weighted by atomic mass is 31.2. The van der Waals surface area contributed by atoms with E-state index in [0.717, 1.165) is 96.3 Å². The summed E-state index contributed by atoms with van der Waals surface area (Å²) >= 11 is 0. The van der Waals surface area contributed by atoms with Crippen LogP contribution in [0.5, 0.6) is 0 Å². The first-order valence-corrected chi connectivity index (χ1v) is 32.6. The van der Waals surface area contributed by atoms with Crippen molar-refractivity contribution in [3.63, 3.8) is 0 Å². The lowest BCUT2D eigenvalue weighted by molar-refractivity contribution is -0.161. The molecule has 0 amide bonds. The third-order valence-electron chi connectivity index (χ3n) is 13.0. The largest absolute Gasteiger partial charge is 0.472 e. The van der Waals surface area contributed by atoms with Crippen LogP contribution in [0.2, 0.25) is 0 Å².